The average Bonchev–Trinajstić information content (AvgIpc) is 2.47. The summed E-state index contributed by atoms with van der Waals surface area (Å²) in [6, 6.07) is 5.42. The van der Waals surface area contributed by atoms with Crippen molar-refractivity contribution in [3.63, 3.8) is 0 Å². The summed E-state index contributed by atoms with van der Waals surface area (Å²) in [5, 5.41) is 4.81. The maximum absolute atomic E-state index is 12.2. The van der Waals surface area contributed by atoms with Crippen molar-refractivity contribution in [1.82, 2.24) is 5.32 Å². The molecule has 0 radical (unpaired) electrons. The van der Waals surface area contributed by atoms with Crippen molar-refractivity contribution >= 4 is 33.4 Å². The van der Waals surface area contributed by atoms with E-state index in [0.717, 1.165) is 17.4 Å². The van der Waals surface area contributed by atoms with E-state index < -0.39 is 0 Å². The van der Waals surface area contributed by atoms with Crippen LogP contribution in [0.2, 0.25) is 5.02 Å². The molecule has 1 N–H and O–H groups in total. The highest BCUT2D eigenvalue weighted by Crippen LogP contribution is 2.30. The minimum Gasteiger partial charge on any atom is -0.352 e. The molecule has 20 heavy (non-hydrogen) atoms. The summed E-state index contributed by atoms with van der Waals surface area (Å²) >= 11 is 9.58. The number of rotatable bonds is 4. The zero-order valence-electron chi connectivity index (χ0n) is 11.8. The summed E-state index contributed by atoms with van der Waals surface area (Å²) < 4.78 is 0. The Hall–Kier alpha value is -0.540. The Balaban J connectivity index is 1.92. The lowest BCUT2D eigenvalue weighted by Crippen LogP contribution is -2.34. The Labute approximate surface area is 134 Å². The van der Waals surface area contributed by atoms with Gasteiger partial charge in [-0.2, -0.15) is 0 Å². The Morgan fingerprint density at radius 2 is 2.05 bits per heavy atom. The normalized spacial score (nSPS) is 22.6. The molecule has 1 aromatic rings. The summed E-state index contributed by atoms with van der Waals surface area (Å²) in [7, 11) is 0. The fourth-order valence-corrected chi connectivity index (χ4v) is 3.84. The first-order valence-electron chi connectivity index (χ1n) is 7.22. The van der Waals surface area contributed by atoms with E-state index in [2.05, 4.69) is 21.2 Å². The number of alkyl halides is 1. The molecule has 1 aliphatic carbocycles. The van der Waals surface area contributed by atoms with Crippen molar-refractivity contribution in [3.8, 4) is 0 Å². The second kappa shape index (κ2) is 7.46. The molecule has 1 saturated carbocycles. The molecule has 2 unspecified atom stereocenters. The van der Waals surface area contributed by atoms with Gasteiger partial charge in [0.15, 0.2) is 0 Å². The molecule has 2 rings (SSSR count). The minimum absolute atomic E-state index is 0.00339. The molecule has 110 valence electrons. The van der Waals surface area contributed by atoms with Crippen LogP contribution in [0, 0.1) is 18.8 Å². The number of halogens is 2. The topological polar surface area (TPSA) is 29.1 Å². The van der Waals surface area contributed by atoms with Gasteiger partial charge in [-0.3, -0.25) is 4.79 Å². The van der Waals surface area contributed by atoms with Crippen LogP contribution in [0.3, 0.4) is 0 Å². The van der Waals surface area contributed by atoms with Crippen molar-refractivity contribution in [3.05, 3.63) is 34.3 Å². The van der Waals surface area contributed by atoms with Gasteiger partial charge in [0.25, 0.3) is 5.91 Å². The number of nitrogens with one attached hydrogen (secondary N) is 1. The highest BCUT2D eigenvalue weighted by molar-refractivity contribution is 9.09. The van der Waals surface area contributed by atoms with Gasteiger partial charge >= 0.3 is 0 Å². The molecule has 0 aliphatic heterocycles. The molecule has 0 aromatic heterocycles. The largest absolute Gasteiger partial charge is 0.352 e. The number of carbonyl (C=O) groups is 1. The molecule has 2 atom stereocenters. The zero-order chi connectivity index (χ0) is 14.5. The van der Waals surface area contributed by atoms with E-state index in [0.29, 0.717) is 22.4 Å². The highest BCUT2D eigenvalue weighted by atomic mass is 79.9. The van der Waals surface area contributed by atoms with Crippen molar-refractivity contribution < 1.29 is 4.79 Å². The molecular weight excluding hydrogens is 338 g/mol. The smallest absolute Gasteiger partial charge is 0.251 e. The number of aryl methyl sites for hydroxylation is 1. The summed E-state index contributed by atoms with van der Waals surface area (Å²) in [6.07, 6.45) is 5.09. The molecule has 1 aliphatic rings. The highest BCUT2D eigenvalue weighted by Gasteiger charge is 2.24. The van der Waals surface area contributed by atoms with E-state index in [1.165, 1.54) is 25.7 Å². The van der Waals surface area contributed by atoms with Gasteiger partial charge in [0.1, 0.15) is 0 Å². The number of amides is 1. The fourth-order valence-electron chi connectivity index (χ4n) is 2.87. The van der Waals surface area contributed by atoms with Gasteiger partial charge in [0, 0.05) is 22.5 Å². The molecule has 0 spiro atoms. The number of hydrogen-bond acceptors (Lipinski definition) is 1. The maximum Gasteiger partial charge on any atom is 0.251 e. The monoisotopic (exact) mass is 357 g/mol. The van der Waals surface area contributed by atoms with Crippen LogP contribution < -0.4 is 5.32 Å². The SMILES string of the molecule is Cc1cc(C(=O)NCC2CCCCC2CBr)ccc1Cl. The third-order valence-electron chi connectivity index (χ3n) is 4.21. The molecule has 1 aromatic carbocycles. The molecule has 1 fully saturated rings. The van der Waals surface area contributed by atoms with Gasteiger partial charge < -0.3 is 5.32 Å². The van der Waals surface area contributed by atoms with Crippen LogP contribution in [-0.2, 0) is 0 Å². The van der Waals surface area contributed by atoms with Gasteiger partial charge in [-0.15, -0.1) is 0 Å². The average molecular weight is 359 g/mol. The van der Waals surface area contributed by atoms with Gasteiger partial charge in [0.2, 0.25) is 0 Å². The minimum atomic E-state index is 0.00339. The molecule has 1 amide bonds. The van der Waals surface area contributed by atoms with Gasteiger partial charge in [-0.1, -0.05) is 40.4 Å². The Morgan fingerprint density at radius 1 is 1.35 bits per heavy atom. The number of hydrogen-bond donors (Lipinski definition) is 1. The van der Waals surface area contributed by atoms with Crippen molar-refractivity contribution in [2.75, 3.05) is 11.9 Å². The predicted octanol–water partition coefficient (Wildman–Crippen LogP) is 4.58. The molecule has 4 heteroatoms. The Bertz CT molecular complexity index is 478. The summed E-state index contributed by atoms with van der Waals surface area (Å²) in [5.41, 5.74) is 1.63. The van der Waals surface area contributed by atoms with Gasteiger partial charge in [0.05, 0.1) is 0 Å². The number of carbonyl (C=O) groups excluding carboxylic acids is 1. The third-order valence-corrected chi connectivity index (χ3v) is 5.47. The van der Waals surface area contributed by atoms with Crippen molar-refractivity contribution in [2.24, 2.45) is 11.8 Å². The quantitative estimate of drug-likeness (QED) is 0.784. The molecular formula is C16H21BrClNO. The van der Waals surface area contributed by atoms with E-state index in [9.17, 15) is 4.79 Å². The maximum atomic E-state index is 12.2. The first-order chi connectivity index (χ1) is 9.61. The lowest BCUT2D eigenvalue weighted by atomic mass is 9.80. The summed E-state index contributed by atoms with van der Waals surface area (Å²) in [4.78, 5) is 12.2. The van der Waals surface area contributed by atoms with Crippen LogP contribution in [0.1, 0.15) is 41.6 Å². The first-order valence-corrected chi connectivity index (χ1v) is 8.72. The summed E-state index contributed by atoms with van der Waals surface area (Å²) in [6.45, 7) is 2.69. The van der Waals surface area contributed by atoms with Crippen LogP contribution in [0.15, 0.2) is 18.2 Å². The third kappa shape index (κ3) is 3.98. The Kier molecular flexibility index (Phi) is 5.91. The van der Waals surface area contributed by atoms with Crippen molar-refractivity contribution in [1.29, 1.82) is 0 Å². The molecule has 0 heterocycles. The van der Waals surface area contributed by atoms with Crippen LogP contribution in [0.4, 0.5) is 0 Å². The predicted molar refractivity (Wildman–Crippen MR) is 87.8 cm³/mol. The molecule has 0 bridgehead atoms. The summed E-state index contributed by atoms with van der Waals surface area (Å²) in [5.74, 6) is 1.29. The van der Waals surface area contributed by atoms with E-state index in [1.807, 2.05) is 13.0 Å². The lowest BCUT2D eigenvalue weighted by molar-refractivity contribution is 0.0937. The first kappa shape index (κ1) is 15.8. The van der Waals surface area contributed by atoms with E-state index in [1.54, 1.807) is 12.1 Å². The fraction of sp³-hybridized carbons (Fsp3) is 0.562. The van der Waals surface area contributed by atoms with E-state index >= 15 is 0 Å². The van der Waals surface area contributed by atoms with Crippen LogP contribution in [0.5, 0.6) is 0 Å². The van der Waals surface area contributed by atoms with E-state index in [4.69, 9.17) is 11.6 Å². The van der Waals surface area contributed by atoms with Crippen LogP contribution in [0.25, 0.3) is 0 Å². The second-order valence-electron chi connectivity index (χ2n) is 5.63. The van der Waals surface area contributed by atoms with Crippen LogP contribution >= 0.6 is 27.5 Å². The molecule has 2 nitrogen and oxygen atoms in total. The molecule has 0 saturated heterocycles. The van der Waals surface area contributed by atoms with Gasteiger partial charge in [-0.05, 0) is 55.4 Å². The van der Waals surface area contributed by atoms with E-state index in [-0.39, 0.29) is 5.91 Å². The zero-order valence-corrected chi connectivity index (χ0v) is 14.1. The second-order valence-corrected chi connectivity index (χ2v) is 6.69. The standard InChI is InChI=1S/C16H21BrClNO/c1-11-8-12(6-7-15(11)18)16(20)19-10-14-5-3-2-4-13(14)9-17/h6-8,13-14H,2-5,9-10H2,1H3,(H,19,20). The Morgan fingerprint density at radius 3 is 2.70 bits per heavy atom. The van der Waals surface area contributed by atoms with Crippen molar-refractivity contribution in [2.45, 2.75) is 32.6 Å². The van der Waals surface area contributed by atoms with Crippen LogP contribution in [-0.4, -0.2) is 17.8 Å². The lowest BCUT2D eigenvalue weighted by Gasteiger charge is -2.30. The number of benzene rings is 1. The van der Waals surface area contributed by atoms with Gasteiger partial charge in [-0.25, -0.2) is 0 Å².